The molecule has 0 aliphatic heterocycles. The van der Waals surface area contributed by atoms with E-state index in [0.717, 1.165) is 17.0 Å². The summed E-state index contributed by atoms with van der Waals surface area (Å²) in [5.74, 6) is -0.0822. The number of rotatable bonds is 6. The molecule has 0 unspecified atom stereocenters. The van der Waals surface area contributed by atoms with E-state index < -0.39 is 0 Å². The van der Waals surface area contributed by atoms with Crippen LogP contribution in [-0.2, 0) is 11.2 Å². The number of nitrogens with zero attached hydrogens (tertiary/aromatic N) is 1. The van der Waals surface area contributed by atoms with Gasteiger partial charge < -0.3 is 0 Å². The van der Waals surface area contributed by atoms with Gasteiger partial charge in [-0.2, -0.15) is 5.10 Å². The quantitative estimate of drug-likeness (QED) is 0.499. The Morgan fingerprint density at radius 1 is 1.09 bits per heavy atom. The van der Waals surface area contributed by atoms with Gasteiger partial charge in [0, 0.05) is 17.0 Å². The summed E-state index contributed by atoms with van der Waals surface area (Å²) in [5.41, 5.74) is 4.72. The average molecular weight is 312 g/mol. The van der Waals surface area contributed by atoms with Gasteiger partial charge >= 0.3 is 0 Å². The van der Waals surface area contributed by atoms with Gasteiger partial charge in [0.15, 0.2) is 0 Å². The summed E-state index contributed by atoms with van der Waals surface area (Å²) in [6, 6.07) is 20.0. The lowest BCUT2D eigenvalue weighted by molar-refractivity contribution is -0.120. The molecule has 0 radical (unpaired) electrons. The Morgan fingerprint density at radius 3 is 2.32 bits per heavy atom. The van der Waals surface area contributed by atoms with Crippen molar-refractivity contribution >= 4 is 23.4 Å². The summed E-state index contributed by atoms with van der Waals surface area (Å²) in [7, 11) is 0. The van der Waals surface area contributed by atoms with Crippen LogP contribution in [0.3, 0.4) is 0 Å². The zero-order valence-electron chi connectivity index (χ0n) is 12.8. The van der Waals surface area contributed by atoms with Crippen molar-refractivity contribution in [1.82, 2.24) is 5.43 Å². The fourth-order valence-corrected chi connectivity index (χ4v) is 2.81. The van der Waals surface area contributed by atoms with Gasteiger partial charge in [-0.3, -0.25) is 4.79 Å². The first-order valence-corrected chi connectivity index (χ1v) is 8.12. The molecule has 0 aromatic heterocycles. The number of amides is 1. The fourth-order valence-electron chi connectivity index (χ4n) is 1.93. The predicted molar refractivity (Wildman–Crippen MR) is 93.2 cm³/mol. The first kappa shape index (κ1) is 16.3. The van der Waals surface area contributed by atoms with Crippen molar-refractivity contribution in [2.45, 2.75) is 30.4 Å². The molecule has 4 heteroatoms. The Hall–Kier alpha value is -2.07. The predicted octanol–water partition coefficient (Wildman–Crippen LogP) is 3.90. The number of hydrogen-bond acceptors (Lipinski definition) is 3. The van der Waals surface area contributed by atoms with Gasteiger partial charge in [-0.1, -0.05) is 48.5 Å². The van der Waals surface area contributed by atoms with Gasteiger partial charge in [0.05, 0.1) is 5.25 Å². The fraction of sp³-hybridized carbons (Fsp3) is 0.222. The number of carbonyl (C=O) groups is 1. The Labute approximate surface area is 135 Å². The molecule has 2 rings (SSSR count). The standard InChI is InChI=1S/C18H20N2OS/c1-14(13-16-9-5-3-6-10-16)19-20-18(21)15(2)22-17-11-7-4-8-12-17/h3-12,15H,13H2,1-2H3,(H,20,21)/b19-14-/t15-/m0/s1. The van der Waals surface area contributed by atoms with E-state index in [1.54, 1.807) is 0 Å². The van der Waals surface area contributed by atoms with Crippen molar-refractivity contribution < 1.29 is 4.79 Å². The van der Waals surface area contributed by atoms with Crippen molar-refractivity contribution in [2.24, 2.45) is 5.10 Å². The average Bonchev–Trinajstić information content (AvgIpc) is 2.54. The van der Waals surface area contributed by atoms with Crippen molar-refractivity contribution in [2.75, 3.05) is 0 Å². The summed E-state index contributed by atoms with van der Waals surface area (Å²) in [6.45, 7) is 3.80. The largest absolute Gasteiger partial charge is 0.272 e. The van der Waals surface area contributed by atoms with Crippen molar-refractivity contribution in [1.29, 1.82) is 0 Å². The van der Waals surface area contributed by atoms with E-state index in [9.17, 15) is 4.79 Å². The Balaban J connectivity index is 1.84. The number of nitrogens with one attached hydrogen (secondary N) is 1. The first-order chi connectivity index (χ1) is 10.6. The molecule has 0 bridgehead atoms. The lowest BCUT2D eigenvalue weighted by atomic mass is 10.1. The van der Waals surface area contributed by atoms with E-state index in [2.05, 4.69) is 22.7 Å². The number of hydrogen-bond donors (Lipinski definition) is 1. The number of hydrazone groups is 1. The lowest BCUT2D eigenvalue weighted by Gasteiger charge is -2.10. The van der Waals surface area contributed by atoms with Crippen molar-refractivity contribution in [3.63, 3.8) is 0 Å². The van der Waals surface area contributed by atoms with Gasteiger partial charge in [0.25, 0.3) is 5.91 Å². The second-order valence-electron chi connectivity index (χ2n) is 5.06. The maximum absolute atomic E-state index is 12.1. The molecule has 0 spiro atoms. The molecule has 0 aliphatic rings. The normalized spacial score (nSPS) is 12.7. The van der Waals surface area contributed by atoms with Crippen LogP contribution in [0.4, 0.5) is 0 Å². The molecule has 0 fully saturated rings. The zero-order valence-corrected chi connectivity index (χ0v) is 13.6. The third-order valence-corrected chi connectivity index (χ3v) is 4.20. The summed E-state index contributed by atoms with van der Waals surface area (Å²) in [5, 5.41) is 4.00. The van der Waals surface area contributed by atoms with Gasteiger partial charge in [-0.25, -0.2) is 5.43 Å². The summed E-state index contributed by atoms with van der Waals surface area (Å²) in [6.07, 6.45) is 0.737. The molecule has 114 valence electrons. The van der Waals surface area contributed by atoms with E-state index in [1.807, 2.05) is 62.4 Å². The maximum Gasteiger partial charge on any atom is 0.253 e. The lowest BCUT2D eigenvalue weighted by Crippen LogP contribution is -2.27. The van der Waals surface area contributed by atoms with Crippen molar-refractivity contribution in [3.8, 4) is 0 Å². The number of thioether (sulfide) groups is 1. The van der Waals surface area contributed by atoms with E-state index in [4.69, 9.17) is 0 Å². The summed E-state index contributed by atoms with van der Waals surface area (Å²) in [4.78, 5) is 13.1. The molecule has 3 nitrogen and oxygen atoms in total. The topological polar surface area (TPSA) is 41.5 Å². The molecular formula is C18H20N2OS. The molecule has 0 heterocycles. The molecule has 2 aromatic carbocycles. The smallest absolute Gasteiger partial charge is 0.253 e. The van der Waals surface area contributed by atoms with Crippen molar-refractivity contribution in [3.05, 3.63) is 66.2 Å². The highest BCUT2D eigenvalue weighted by Crippen LogP contribution is 2.22. The van der Waals surface area contributed by atoms with Gasteiger partial charge in [-0.05, 0) is 31.5 Å². The van der Waals surface area contributed by atoms with Crippen LogP contribution in [0.25, 0.3) is 0 Å². The molecule has 0 saturated carbocycles. The minimum atomic E-state index is -0.185. The van der Waals surface area contributed by atoms with Gasteiger partial charge in [0.1, 0.15) is 0 Å². The third kappa shape index (κ3) is 5.37. The Morgan fingerprint density at radius 2 is 1.68 bits per heavy atom. The van der Waals surface area contributed by atoms with Crippen LogP contribution in [0.5, 0.6) is 0 Å². The third-order valence-electron chi connectivity index (χ3n) is 3.09. The molecule has 1 N–H and O–H groups in total. The van der Waals surface area contributed by atoms with E-state index in [0.29, 0.717) is 0 Å². The van der Waals surface area contributed by atoms with Crippen LogP contribution in [-0.4, -0.2) is 16.9 Å². The van der Waals surface area contributed by atoms with Crippen LogP contribution >= 0.6 is 11.8 Å². The molecule has 2 aromatic rings. The van der Waals surface area contributed by atoms with E-state index in [1.165, 1.54) is 17.3 Å². The molecule has 1 atom stereocenters. The molecule has 22 heavy (non-hydrogen) atoms. The van der Waals surface area contributed by atoms with Crippen LogP contribution in [0.2, 0.25) is 0 Å². The maximum atomic E-state index is 12.1. The van der Waals surface area contributed by atoms with Crippen LogP contribution in [0.15, 0.2) is 70.7 Å². The van der Waals surface area contributed by atoms with E-state index >= 15 is 0 Å². The minimum Gasteiger partial charge on any atom is -0.272 e. The van der Waals surface area contributed by atoms with Gasteiger partial charge in [0.2, 0.25) is 0 Å². The zero-order chi connectivity index (χ0) is 15.8. The highest BCUT2D eigenvalue weighted by atomic mass is 32.2. The SMILES string of the molecule is C/C(Cc1ccccc1)=N/NC(=O)[C@H](C)Sc1ccccc1. The second kappa shape index (κ2) is 8.39. The van der Waals surface area contributed by atoms with Crippen LogP contribution in [0, 0.1) is 0 Å². The molecule has 1 amide bonds. The highest BCUT2D eigenvalue weighted by Gasteiger charge is 2.13. The minimum absolute atomic E-state index is 0.0822. The molecule has 0 aliphatic carbocycles. The second-order valence-corrected chi connectivity index (χ2v) is 6.47. The first-order valence-electron chi connectivity index (χ1n) is 7.24. The number of carbonyl (C=O) groups excluding carboxylic acids is 1. The molecule has 0 saturated heterocycles. The molecular weight excluding hydrogens is 292 g/mol. The number of benzene rings is 2. The van der Waals surface area contributed by atoms with E-state index in [-0.39, 0.29) is 11.2 Å². The summed E-state index contributed by atoms with van der Waals surface area (Å²) < 4.78 is 0. The monoisotopic (exact) mass is 312 g/mol. The highest BCUT2D eigenvalue weighted by molar-refractivity contribution is 8.00. The van der Waals surface area contributed by atoms with Crippen LogP contribution in [0.1, 0.15) is 19.4 Å². The van der Waals surface area contributed by atoms with Crippen LogP contribution < -0.4 is 5.43 Å². The summed E-state index contributed by atoms with van der Waals surface area (Å²) >= 11 is 1.53. The Kier molecular flexibility index (Phi) is 6.22. The Bertz CT molecular complexity index is 626. The van der Waals surface area contributed by atoms with Gasteiger partial charge in [-0.15, -0.1) is 11.8 Å².